The van der Waals surface area contributed by atoms with E-state index in [0.717, 1.165) is 0 Å². The number of benzene rings is 2. The fourth-order valence-electron chi connectivity index (χ4n) is 1.75. The second-order valence-corrected chi connectivity index (χ2v) is 4.67. The van der Waals surface area contributed by atoms with Crippen LogP contribution in [-0.4, -0.2) is 12.5 Å². The van der Waals surface area contributed by atoms with Crippen LogP contribution in [0.2, 0.25) is 5.02 Å². The topological polar surface area (TPSA) is 64.3 Å². The van der Waals surface area contributed by atoms with E-state index in [1.165, 1.54) is 24.3 Å². The lowest BCUT2D eigenvalue weighted by Gasteiger charge is -2.12. The third-order valence-electron chi connectivity index (χ3n) is 2.75. The van der Waals surface area contributed by atoms with E-state index >= 15 is 0 Å². The summed E-state index contributed by atoms with van der Waals surface area (Å²) in [6, 6.07) is 8.47. The largest absolute Gasteiger partial charge is 0.492 e. The monoisotopic (exact) mass is 308 g/mol. The van der Waals surface area contributed by atoms with E-state index in [-0.39, 0.29) is 11.7 Å². The number of nitrogens with two attached hydrogens (primary N) is 1. The summed E-state index contributed by atoms with van der Waals surface area (Å²) >= 11 is 5.81. The van der Waals surface area contributed by atoms with Gasteiger partial charge < -0.3 is 15.8 Å². The first-order chi connectivity index (χ1) is 10.0. The Labute approximate surface area is 126 Å². The second-order valence-electron chi connectivity index (χ2n) is 4.26. The Bertz CT molecular complexity index is 677. The van der Waals surface area contributed by atoms with Gasteiger partial charge in [-0.3, -0.25) is 4.79 Å². The van der Waals surface area contributed by atoms with Crippen LogP contribution in [0.3, 0.4) is 0 Å². The summed E-state index contributed by atoms with van der Waals surface area (Å²) in [6.45, 7) is 2.14. The summed E-state index contributed by atoms with van der Waals surface area (Å²) in [6.07, 6.45) is 0. The molecule has 2 rings (SSSR count). The molecule has 0 heterocycles. The molecule has 0 aliphatic rings. The molecule has 0 saturated heterocycles. The molecule has 0 bridgehead atoms. The van der Waals surface area contributed by atoms with E-state index < -0.39 is 5.82 Å². The molecule has 0 radical (unpaired) electrons. The van der Waals surface area contributed by atoms with E-state index in [0.29, 0.717) is 28.6 Å². The van der Waals surface area contributed by atoms with Crippen LogP contribution in [0, 0.1) is 5.82 Å². The quantitative estimate of drug-likeness (QED) is 0.846. The average molecular weight is 309 g/mol. The van der Waals surface area contributed by atoms with E-state index in [9.17, 15) is 9.18 Å². The Morgan fingerprint density at radius 2 is 2.10 bits per heavy atom. The molecular weight excluding hydrogens is 295 g/mol. The Kier molecular flexibility index (Phi) is 4.65. The lowest BCUT2D eigenvalue weighted by molar-refractivity contribution is 0.102. The van der Waals surface area contributed by atoms with Crippen LogP contribution in [-0.2, 0) is 0 Å². The Hall–Kier alpha value is -2.27. The van der Waals surface area contributed by atoms with Gasteiger partial charge in [0.05, 0.1) is 23.0 Å². The van der Waals surface area contributed by atoms with Crippen molar-refractivity contribution in [3.63, 3.8) is 0 Å². The molecule has 0 aliphatic carbocycles. The molecule has 0 saturated carbocycles. The van der Waals surface area contributed by atoms with E-state index in [2.05, 4.69) is 5.32 Å². The van der Waals surface area contributed by atoms with Crippen LogP contribution in [0.15, 0.2) is 36.4 Å². The highest BCUT2D eigenvalue weighted by Gasteiger charge is 2.12. The van der Waals surface area contributed by atoms with Gasteiger partial charge in [-0.1, -0.05) is 11.6 Å². The van der Waals surface area contributed by atoms with Crippen molar-refractivity contribution in [2.75, 3.05) is 17.7 Å². The number of carbonyl (C=O) groups is 1. The van der Waals surface area contributed by atoms with Gasteiger partial charge in [-0.25, -0.2) is 4.39 Å². The number of rotatable bonds is 4. The number of nitrogens with one attached hydrogen (secondary N) is 1. The van der Waals surface area contributed by atoms with Crippen molar-refractivity contribution < 1.29 is 13.9 Å². The normalized spacial score (nSPS) is 10.2. The van der Waals surface area contributed by atoms with Crippen LogP contribution in [0.25, 0.3) is 0 Å². The molecule has 0 fully saturated rings. The molecule has 110 valence electrons. The number of amides is 1. The molecule has 0 unspecified atom stereocenters. The summed E-state index contributed by atoms with van der Waals surface area (Å²) in [5, 5.41) is 3.03. The summed E-state index contributed by atoms with van der Waals surface area (Å²) in [5.74, 6) is -0.550. The fourth-order valence-corrected chi connectivity index (χ4v) is 1.87. The first-order valence-corrected chi connectivity index (χ1v) is 6.67. The number of anilines is 2. The SMILES string of the molecule is CCOc1cc(F)ccc1NC(=O)c1ccc(Cl)c(N)c1. The maximum atomic E-state index is 13.2. The predicted octanol–water partition coefficient (Wildman–Crippen LogP) is 3.71. The van der Waals surface area contributed by atoms with Gasteiger partial charge in [0.2, 0.25) is 0 Å². The molecule has 2 aromatic carbocycles. The van der Waals surface area contributed by atoms with Gasteiger partial charge >= 0.3 is 0 Å². The van der Waals surface area contributed by atoms with Crippen LogP contribution in [0.1, 0.15) is 17.3 Å². The van der Waals surface area contributed by atoms with Crippen molar-refractivity contribution in [3.8, 4) is 5.75 Å². The second kappa shape index (κ2) is 6.45. The minimum atomic E-state index is -0.438. The zero-order chi connectivity index (χ0) is 15.4. The minimum Gasteiger partial charge on any atom is -0.492 e. The van der Waals surface area contributed by atoms with Crippen molar-refractivity contribution in [1.82, 2.24) is 0 Å². The Morgan fingerprint density at radius 3 is 2.76 bits per heavy atom. The van der Waals surface area contributed by atoms with Crippen LogP contribution < -0.4 is 15.8 Å². The summed E-state index contributed by atoms with van der Waals surface area (Å²) in [4.78, 5) is 12.2. The summed E-state index contributed by atoms with van der Waals surface area (Å²) in [7, 11) is 0. The number of hydrogen-bond acceptors (Lipinski definition) is 3. The maximum absolute atomic E-state index is 13.2. The molecular formula is C15H14ClFN2O2. The van der Waals surface area contributed by atoms with Crippen LogP contribution in [0.5, 0.6) is 5.75 Å². The van der Waals surface area contributed by atoms with Crippen molar-refractivity contribution in [1.29, 1.82) is 0 Å². The number of nitrogen functional groups attached to an aromatic ring is 1. The minimum absolute atomic E-state index is 0.271. The molecule has 4 nitrogen and oxygen atoms in total. The van der Waals surface area contributed by atoms with Gasteiger partial charge in [0.1, 0.15) is 11.6 Å². The zero-order valence-electron chi connectivity index (χ0n) is 11.3. The number of carbonyl (C=O) groups excluding carboxylic acids is 1. The number of halogens is 2. The first kappa shape index (κ1) is 15.1. The predicted molar refractivity (Wildman–Crippen MR) is 81.4 cm³/mol. The van der Waals surface area contributed by atoms with Gasteiger partial charge in [-0.15, -0.1) is 0 Å². The van der Waals surface area contributed by atoms with Gasteiger partial charge in [0.25, 0.3) is 5.91 Å². The van der Waals surface area contributed by atoms with Crippen LogP contribution >= 0.6 is 11.6 Å². The highest BCUT2D eigenvalue weighted by Crippen LogP contribution is 2.26. The van der Waals surface area contributed by atoms with Crippen molar-refractivity contribution in [2.24, 2.45) is 0 Å². The third-order valence-corrected chi connectivity index (χ3v) is 3.09. The smallest absolute Gasteiger partial charge is 0.255 e. The molecule has 0 aromatic heterocycles. The maximum Gasteiger partial charge on any atom is 0.255 e. The molecule has 0 aliphatic heterocycles. The van der Waals surface area contributed by atoms with Gasteiger partial charge in [0.15, 0.2) is 0 Å². The highest BCUT2D eigenvalue weighted by atomic mass is 35.5. The van der Waals surface area contributed by atoms with Gasteiger partial charge in [0, 0.05) is 11.6 Å². The summed E-state index contributed by atoms with van der Waals surface area (Å²) < 4.78 is 18.5. The average Bonchev–Trinajstić information content (AvgIpc) is 2.45. The molecule has 0 spiro atoms. The van der Waals surface area contributed by atoms with E-state index in [4.69, 9.17) is 22.1 Å². The lowest BCUT2D eigenvalue weighted by atomic mass is 10.2. The highest BCUT2D eigenvalue weighted by molar-refractivity contribution is 6.33. The third kappa shape index (κ3) is 3.64. The van der Waals surface area contributed by atoms with E-state index in [1.54, 1.807) is 19.1 Å². The molecule has 21 heavy (non-hydrogen) atoms. The molecule has 6 heteroatoms. The van der Waals surface area contributed by atoms with Gasteiger partial charge in [-0.2, -0.15) is 0 Å². The zero-order valence-corrected chi connectivity index (χ0v) is 12.1. The van der Waals surface area contributed by atoms with Crippen molar-refractivity contribution in [3.05, 3.63) is 52.8 Å². The van der Waals surface area contributed by atoms with Crippen LogP contribution in [0.4, 0.5) is 15.8 Å². The van der Waals surface area contributed by atoms with Crippen molar-refractivity contribution in [2.45, 2.75) is 6.92 Å². The molecule has 1 amide bonds. The standard InChI is InChI=1S/C15H14ClFN2O2/c1-2-21-14-8-10(17)4-6-13(14)19-15(20)9-3-5-11(16)12(18)7-9/h3-8H,2,18H2,1H3,(H,19,20). The van der Waals surface area contributed by atoms with E-state index in [1.807, 2.05) is 0 Å². The summed E-state index contributed by atoms with van der Waals surface area (Å²) in [5.41, 5.74) is 6.71. The fraction of sp³-hybridized carbons (Fsp3) is 0.133. The molecule has 2 aromatic rings. The Balaban J connectivity index is 2.24. The first-order valence-electron chi connectivity index (χ1n) is 6.30. The Morgan fingerprint density at radius 1 is 1.33 bits per heavy atom. The molecule has 0 atom stereocenters. The number of ether oxygens (including phenoxy) is 1. The molecule has 3 N–H and O–H groups in total. The van der Waals surface area contributed by atoms with Gasteiger partial charge in [-0.05, 0) is 37.3 Å². The number of hydrogen-bond donors (Lipinski definition) is 2. The lowest BCUT2D eigenvalue weighted by Crippen LogP contribution is -2.13. The van der Waals surface area contributed by atoms with Crippen molar-refractivity contribution >= 4 is 28.9 Å².